The van der Waals surface area contributed by atoms with Crippen LogP contribution in [0.2, 0.25) is 0 Å². The van der Waals surface area contributed by atoms with Gasteiger partial charge in [-0.15, -0.1) is 11.3 Å². The van der Waals surface area contributed by atoms with E-state index < -0.39 is 0 Å². The van der Waals surface area contributed by atoms with Gasteiger partial charge in [0, 0.05) is 11.5 Å². The van der Waals surface area contributed by atoms with Crippen molar-refractivity contribution in [2.45, 2.75) is 6.92 Å². The van der Waals surface area contributed by atoms with Crippen LogP contribution in [0.3, 0.4) is 0 Å². The second-order valence-electron chi connectivity index (χ2n) is 5.39. The predicted molar refractivity (Wildman–Crippen MR) is 102 cm³/mol. The zero-order valence-electron chi connectivity index (χ0n) is 14.0. The summed E-state index contributed by atoms with van der Waals surface area (Å²) in [5.41, 5.74) is 2.58. The summed E-state index contributed by atoms with van der Waals surface area (Å²) in [6.07, 6.45) is 3.33. The first-order chi connectivity index (χ1) is 12.2. The minimum Gasteiger partial charge on any atom is -0.497 e. The van der Waals surface area contributed by atoms with Gasteiger partial charge < -0.3 is 4.74 Å². The fourth-order valence-corrected chi connectivity index (χ4v) is 3.17. The highest BCUT2D eigenvalue weighted by molar-refractivity contribution is 7.14. The molecule has 1 amide bonds. The third kappa shape index (κ3) is 4.14. The highest BCUT2D eigenvalue weighted by atomic mass is 32.1. The first-order valence-electron chi connectivity index (χ1n) is 7.81. The number of benzene rings is 2. The van der Waals surface area contributed by atoms with Crippen molar-refractivity contribution in [1.82, 2.24) is 4.98 Å². The molecule has 0 aliphatic carbocycles. The molecule has 0 N–H and O–H groups in total. The molecule has 4 nitrogen and oxygen atoms in total. The van der Waals surface area contributed by atoms with Gasteiger partial charge in [-0.2, -0.15) is 0 Å². The SMILES string of the molecule is COc1cccc(/C=C\C(=O)N(c2ccccc2)c2nc(C)cs2)c1. The second kappa shape index (κ2) is 7.77. The smallest absolute Gasteiger partial charge is 0.257 e. The Morgan fingerprint density at radius 3 is 2.64 bits per heavy atom. The van der Waals surface area contributed by atoms with Crippen LogP contribution in [-0.2, 0) is 4.79 Å². The van der Waals surface area contributed by atoms with Crippen LogP contribution in [0.4, 0.5) is 10.8 Å². The van der Waals surface area contributed by atoms with Crippen LogP contribution in [0.1, 0.15) is 11.3 Å². The zero-order chi connectivity index (χ0) is 17.6. The summed E-state index contributed by atoms with van der Waals surface area (Å²) in [6.45, 7) is 1.92. The van der Waals surface area contributed by atoms with Gasteiger partial charge in [-0.25, -0.2) is 4.98 Å². The molecule has 25 heavy (non-hydrogen) atoms. The molecule has 0 saturated carbocycles. The van der Waals surface area contributed by atoms with Gasteiger partial charge in [0.2, 0.25) is 0 Å². The van der Waals surface area contributed by atoms with Crippen molar-refractivity contribution >= 4 is 34.1 Å². The number of aryl methyl sites for hydroxylation is 1. The van der Waals surface area contributed by atoms with Gasteiger partial charge in [-0.1, -0.05) is 30.3 Å². The van der Waals surface area contributed by atoms with Crippen LogP contribution < -0.4 is 9.64 Å². The van der Waals surface area contributed by atoms with Crippen molar-refractivity contribution in [3.63, 3.8) is 0 Å². The van der Waals surface area contributed by atoms with E-state index in [0.29, 0.717) is 5.13 Å². The van der Waals surface area contributed by atoms with Crippen molar-refractivity contribution in [3.05, 3.63) is 77.3 Å². The molecule has 3 aromatic rings. The molecular formula is C20H18N2O2S. The number of hydrogen-bond acceptors (Lipinski definition) is 4. The monoisotopic (exact) mass is 350 g/mol. The minimum absolute atomic E-state index is 0.150. The van der Waals surface area contributed by atoms with E-state index in [9.17, 15) is 4.79 Å². The normalized spacial score (nSPS) is 10.8. The highest BCUT2D eigenvalue weighted by Crippen LogP contribution is 2.29. The number of rotatable bonds is 5. The number of anilines is 2. The van der Waals surface area contributed by atoms with Gasteiger partial charge in [0.1, 0.15) is 5.75 Å². The van der Waals surface area contributed by atoms with Crippen LogP contribution in [0.25, 0.3) is 6.08 Å². The van der Waals surface area contributed by atoms with Gasteiger partial charge in [-0.3, -0.25) is 9.69 Å². The van der Waals surface area contributed by atoms with Crippen LogP contribution in [0.15, 0.2) is 66.1 Å². The summed E-state index contributed by atoms with van der Waals surface area (Å²) in [5, 5.41) is 2.59. The molecule has 0 atom stereocenters. The van der Waals surface area contributed by atoms with Crippen molar-refractivity contribution in [2.24, 2.45) is 0 Å². The average molecular weight is 350 g/mol. The lowest BCUT2D eigenvalue weighted by Gasteiger charge is -2.18. The molecule has 1 aromatic heterocycles. The summed E-state index contributed by atoms with van der Waals surface area (Å²) >= 11 is 1.45. The maximum absolute atomic E-state index is 12.9. The number of para-hydroxylation sites is 1. The first kappa shape index (κ1) is 16.9. The summed E-state index contributed by atoms with van der Waals surface area (Å²) < 4.78 is 5.21. The maximum Gasteiger partial charge on any atom is 0.257 e. The molecule has 0 saturated heterocycles. The Morgan fingerprint density at radius 2 is 1.96 bits per heavy atom. The third-order valence-corrected chi connectivity index (χ3v) is 4.49. The highest BCUT2D eigenvalue weighted by Gasteiger charge is 2.18. The Labute approximate surface area is 151 Å². The maximum atomic E-state index is 12.9. The Hall–Kier alpha value is -2.92. The zero-order valence-corrected chi connectivity index (χ0v) is 14.9. The van der Waals surface area contributed by atoms with Crippen LogP contribution in [0.5, 0.6) is 5.75 Å². The van der Waals surface area contributed by atoms with Crippen LogP contribution in [-0.4, -0.2) is 18.0 Å². The van der Waals surface area contributed by atoms with Crippen LogP contribution in [0, 0.1) is 6.92 Å². The Morgan fingerprint density at radius 1 is 1.16 bits per heavy atom. The van der Waals surface area contributed by atoms with Crippen LogP contribution >= 0.6 is 11.3 Å². The molecule has 0 spiro atoms. The van der Waals surface area contributed by atoms with E-state index in [1.165, 1.54) is 11.3 Å². The molecule has 1 heterocycles. The van der Waals surface area contributed by atoms with Gasteiger partial charge >= 0.3 is 0 Å². The van der Waals surface area contributed by atoms with Crippen molar-refractivity contribution in [1.29, 1.82) is 0 Å². The number of aromatic nitrogens is 1. The number of methoxy groups -OCH3 is 1. The van der Waals surface area contributed by atoms with Crippen molar-refractivity contribution in [2.75, 3.05) is 12.0 Å². The molecule has 2 aromatic carbocycles. The van der Waals surface area contributed by atoms with E-state index in [1.54, 1.807) is 24.2 Å². The van der Waals surface area contributed by atoms with Gasteiger partial charge in [0.15, 0.2) is 5.13 Å². The topological polar surface area (TPSA) is 42.4 Å². The van der Waals surface area contributed by atoms with E-state index in [0.717, 1.165) is 22.7 Å². The molecule has 0 fully saturated rings. The molecular weight excluding hydrogens is 332 g/mol. The summed E-state index contributed by atoms with van der Waals surface area (Å²) in [5.74, 6) is 0.605. The third-order valence-electron chi connectivity index (χ3n) is 3.55. The van der Waals surface area contributed by atoms with Crippen molar-refractivity contribution < 1.29 is 9.53 Å². The van der Waals surface area contributed by atoms with E-state index in [2.05, 4.69) is 4.98 Å². The molecule has 5 heteroatoms. The summed E-state index contributed by atoms with van der Waals surface area (Å²) in [4.78, 5) is 18.9. The Kier molecular flexibility index (Phi) is 5.26. The second-order valence-corrected chi connectivity index (χ2v) is 6.23. The lowest BCUT2D eigenvalue weighted by Crippen LogP contribution is -2.23. The van der Waals surface area contributed by atoms with Gasteiger partial charge in [-0.05, 0) is 42.8 Å². The van der Waals surface area contributed by atoms with E-state index in [-0.39, 0.29) is 5.91 Å². The standard InChI is InChI=1S/C20H18N2O2S/c1-15-14-25-20(21-15)22(17-8-4-3-5-9-17)19(23)12-11-16-7-6-10-18(13-16)24-2/h3-14H,1-2H3/b12-11-. The Balaban J connectivity index is 1.90. The molecule has 0 bridgehead atoms. The number of carbonyl (C=O) groups excluding carboxylic acids is 1. The first-order valence-corrected chi connectivity index (χ1v) is 8.69. The Bertz CT molecular complexity index is 887. The molecule has 0 aliphatic heterocycles. The molecule has 0 unspecified atom stereocenters. The quantitative estimate of drug-likeness (QED) is 0.619. The van der Waals surface area contributed by atoms with Crippen molar-refractivity contribution in [3.8, 4) is 5.75 Å². The fourth-order valence-electron chi connectivity index (χ4n) is 2.34. The number of hydrogen-bond donors (Lipinski definition) is 0. The molecule has 0 aliphatic rings. The van der Waals surface area contributed by atoms with Gasteiger partial charge in [0.05, 0.1) is 18.5 Å². The molecule has 3 rings (SSSR count). The molecule has 0 radical (unpaired) electrons. The van der Waals surface area contributed by atoms with Gasteiger partial charge in [0.25, 0.3) is 5.91 Å². The minimum atomic E-state index is -0.150. The number of carbonyl (C=O) groups is 1. The average Bonchev–Trinajstić information content (AvgIpc) is 3.07. The fraction of sp³-hybridized carbons (Fsp3) is 0.100. The summed E-state index contributed by atoms with van der Waals surface area (Å²) in [6, 6.07) is 17.1. The number of thiazole rings is 1. The predicted octanol–water partition coefficient (Wildman–Crippen LogP) is 4.84. The summed E-state index contributed by atoms with van der Waals surface area (Å²) in [7, 11) is 1.62. The largest absolute Gasteiger partial charge is 0.497 e. The number of amides is 1. The van der Waals surface area contributed by atoms with E-state index >= 15 is 0 Å². The lowest BCUT2D eigenvalue weighted by atomic mass is 10.2. The molecule has 126 valence electrons. The van der Waals surface area contributed by atoms with E-state index in [4.69, 9.17) is 4.74 Å². The number of nitrogens with zero attached hydrogens (tertiary/aromatic N) is 2. The lowest BCUT2D eigenvalue weighted by molar-refractivity contribution is -0.113. The van der Waals surface area contributed by atoms with E-state index in [1.807, 2.05) is 66.9 Å². The number of ether oxygens (including phenoxy) is 1.